The van der Waals surface area contributed by atoms with Crippen LogP contribution in [0.2, 0.25) is 0 Å². The van der Waals surface area contributed by atoms with Crippen LogP contribution >= 0.6 is 0 Å². The Morgan fingerprint density at radius 2 is 1.89 bits per heavy atom. The Balaban J connectivity index is 3.02. The van der Waals surface area contributed by atoms with E-state index >= 15 is 0 Å². The highest BCUT2D eigenvalue weighted by Gasteiger charge is 2.25. The van der Waals surface area contributed by atoms with Gasteiger partial charge in [0.1, 0.15) is 6.04 Å². The van der Waals surface area contributed by atoms with Crippen molar-refractivity contribution in [1.82, 2.24) is 4.90 Å². The summed E-state index contributed by atoms with van der Waals surface area (Å²) in [5.74, 6) is -2.16. The molecule has 1 aromatic rings. The smallest absolute Gasteiger partial charge is 0.326 e. The number of carbonyl (C=O) groups excluding carboxylic acids is 2. The van der Waals surface area contributed by atoms with Crippen molar-refractivity contribution < 1.29 is 19.5 Å². The summed E-state index contributed by atoms with van der Waals surface area (Å²) in [5.41, 5.74) is 5.58. The number of rotatable bonds is 5. The number of nitrogens with two attached hydrogens (primary N) is 1. The van der Waals surface area contributed by atoms with Crippen molar-refractivity contribution in [3.8, 4) is 0 Å². The molecule has 1 atom stereocenters. The van der Waals surface area contributed by atoms with E-state index < -0.39 is 23.8 Å². The highest BCUT2D eigenvalue weighted by atomic mass is 16.4. The Morgan fingerprint density at radius 1 is 1.32 bits per heavy atom. The van der Waals surface area contributed by atoms with Gasteiger partial charge in [0.15, 0.2) is 0 Å². The van der Waals surface area contributed by atoms with E-state index in [9.17, 15) is 14.4 Å². The third-order valence-corrected chi connectivity index (χ3v) is 2.85. The van der Waals surface area contributed by atoms with Crippen LogP contribution < -0.4 is 5.73 Å². The van der Waals surface area contributed by atoms with E-state index in [1.54, 1.807) is 6.92 Å². The fraction of sp³-hybridized carbons (Fsp3) is 0.308. The predicted octanol–water partition coefficient (Wildman–Crippen LogP) is 0.721. The van der Waals surface area contributed by atoms with Crippen LogP contribution in [0.15, 0.2) is 24.3 Å². The van der Waals surface area contributed by atoms with Crippen molar-refractivity contribution in [1.29, 1.82) is 0 Å². The Labute approximate surface area is 110 Å². The van der Waals surface area contributed by atoms with E-state index in [-0.39, 0.29) is 11.1 Å². The Bertz CT molecular complexity index is 513. The van der Waals surface area contributed by atoms with E-state index in [1.165, 1.54) is 31.3 Å². The zero-order valence-electron chi connectivity index (χ0n) is 10.8. The van der Waals surface area contributed by atoms with Crippen molar-refractivity contribution >= 4 is 17.8 Å². The molecule has 1 unspecified atom stereocenters. The van der Waals surface area contributed by atoms with E-state index in [0.717, 1.165) is 4.90 Å². The first kappa shape index (κ1) is 14.7. The number of carboxylic acids is 1. The molecular formula is C13H16N2O4. The third-order valence-electron chi connectivity index (χ3n) is 2.85. The van der Waals surface area contributed by atoms with E-state index in [0.29, 0.717) is 6.42 Å². The first-order valence-electron chi connectivity index (χ1n) is 5.78. The predicted molar refractivity (Wildman–Crippen MR) is 68.8 cm³/mol. The van der Waals surface area contributed by atoms with E-state index in [4.69, 9.17) is 10.8 Å². The van der Waals surface area contributed by atoms with Gasteiger partial charge in [-0.1, -0.05) is 13.0 Å². The molecule has 0 aliphatic heterocycles. The monoisotopic (exact) mass is 264 g/mol. The Kier molecular flexibility index (Phi) is 4.63. The summed E-state index contributed by atoms with van der Waals surface area (Å²) in [6.45, 7) is 1.68. The van der Waals surface area contributed by atoms with Crippen LogP contribution in [0.3, 0.4) is 0 Å². The summed E-state index contributed by atoms with van der Waals surface area (Å²) in [5, 5.41) is 9.01. The average Bonchev–Trinajstić information content (AvgIpc) is 2.38. The Hall–Kier alpha value is -2.37. The van der Waals surface area contributed by atoms with Gasteiger partial charge in [0.05, 0.1) is 0 Å². The SMILES string of the molecule is CCC(C(=O)O)N(C)C(=O)c1cccc(C(N)=O)c1. The van der Waals surface area contributed by atoms with Crippen molar-refractivity contribution in [2.45, 2.75) is 19.4 Å². The molecule has 0 bridgehead atoms. The highest BCUT2D eigenvalue weighted by molar-refractivity contribution is 6.00. The largest absolute Gasteiger partial charge is 0.480 e. The standard InChI is InChI=1S/C13H16N2O4/c1-3-10(13(18)19)15(2)12(17)9-6-4-5-8(7-9)11(14)16/h4-7,10H,3H2,1-2H3,(H2,14,16)(H,18,19). The maximum absolute atomic E-state index is 12.1. The molecule has 0 fully saturated rings. The van der Waals surface area contributed by atoms with E-state index in [1.807, 2.05) is 0 Å². The lowest BCUT2D eigenvalue weighted by Crippen LogP contribution is -2.42. The minimum Gasteiger partial charge on any atom is -0.480 e. The molecule has 0 aliphatic rings. The zero-order chi connectivity index (χ0) is 14.6. The second-order valence-corrected chi connectivity index (χ2v) is 4.12. The van der Waals surface area contributed by atoms with Gasteiger partial charge in [-0.15, -0.1) is 0 Å². The van der Waals surface area contributed by atoms with Gasteiger partial charge in [-0.25, -0.2) is 4.79 Å². The summed E-state index contributed by atoms with van der Waals surface area (Å²) < 4.78 is 0. The summed E-state index contributed by atoms with van der Waals surface area (Å²) in [6.07, 6.45) is 0.299. The van der Waals surface area contributed by atoms with Crippen LogP contribution in [0.5, 0.6) is 0 Å². The molecule has 0 saturated carbocycles. The second kappa shape index (κ2) is 5.99. The summed E-state index contributed by atoms with van der Waals surface area (Å²) in [6, 6.07) is 5.00. The lowest BCUT2D eigenvalue weighted by atomic mass is 10.1. The summed E-state index contributed by atoms with van der Waals surface area (Å²) in [7, 11) is 1.42. The molecule has 6 heteroatoms. The molecule has 0 heterocycles. The van der Waals surface area contributed by atoms with Crippen LogP contribution in [0.4, 0.5) is 0 Å². The van der Waals surface area contributed by atoms with Crippen molar-refractivity contribution in [3.63, 3.8) is 0 Å². The first-order valence-corrected chi connectivity index (χ1v) is 5.78. The maximum atomic E-state index is 12.1. The minimum absolute atomic E-state index is 0.211. The van der Waals surface area contributed by atoms with Gasteiger partial charge >= 0.3 is 5.97 Å². The van der Waals surface area contributed by atoms with Gasteiger partial charge in [0, 0.05) is 18.2 Å². The highest BCUT2D eigenvalue weighted by Crippen LogP contribution is 2.11. The molecule has 0 aromatic heterocycles. The molecule has 0 aliphatic carbocycles. The molecule has 102 valence electrons. The Morgan fingerprint density at radius 3 is 2.37 bits per heavy atom. The van der Waals surface area contributed by atoms with Crippen LogP contribution in [0, 0.1) is 0 Å². The summed E-state index contributed by atoms with van der Waals surface area (Å²) in [4.78, 5) is 35.3. The topological polar surface area (TPSA) is 101 Å². The molecule has 2 amide bonds. The number of carboxylic acid groups (broad SMARTS) is 1. The molecule has 0 spiro atoms. The van der Waals surface area contributed by atoms with Crippen molar-refractivity contribution in [2.24, 2.45) is 5.73 Å². The number of amides is 2. The molecule has 0 saturated heterocycles. The molecule has 1 aromatic carbocycles. The lowest BCUT2D eigenvalue weighted by Gasteiger charge is -2.23. The molecule has 6 nitrogen and oxygen atoms in total. The lowest BCUT2D eigenvalue weighted by molar-refractivity contribution is -0.142. The van der Waals surface area contributed by atoms with Gasteiger partial charge in [-0.2, -0.15) is 0 Å². The first-order chi connectivity index (χ1) is 8.88. The number of carbonyl (C=O) groups is 3. The molecule has 19 heavy (non-hydrogen) atoms. The quantitative estimate of drug-likeness (QED) is 0.818. The second-order valence-electron chi connectivity index (χ2n) is 4.12. The number of aliphatic carboxylic acids is 1. The average molecular weight is 264 g/mol. The van der Waals surface area contributed by atoms with Crippen molar-refractivity contribution in [3.05, 3.63) is 35.4 Å². The van der Waals surface area contributed by atoms with Crippen LogP contribution in [0.25, 0.3) is 0 Å². The van der Waals surface area contributed by atoms with Gasteiger partial charge in [-0.3, -0.25) is 9.59 Å². The normalized spacial score (nSPS) is 11.7. The third kappa shape index (κ3) is 3.31. The number of nitrogens with zero attached hydrogens (tertiary/aromatic N) is 1. The number of hydrogen-bond acceptors (Lipinski definition) is 3. The van der Waals surface area contributed by atoms with Crippen LogP contribution in [-0.4, -0.2) is 40.9 Å². The van der Waals surface area contributed by atoms with E-state index in [2.05, 4.69) is 0 Å². The number of likely N-dealkylation sites (N-methyl/N-ethyl adjacent to an activating group) is 1. The minimum atomic E-state index is -1.07. The molecule has 1 rings (SSSR count). The molecule has 0 radical (unpaired) electrons. The molecular weight excluding hydrogens is 248 g/mol. The van der Waals surface area contributed by atoms with Crippen molar-refractivity contribution in [2.75, 3.05) is 7.05 Å². The number of hydrogen-bond donors (Lipinski definition) is 2. The fourth-order valence-corrected chi connectivity index (χ4v) is 1.76. The van der Waals surface area contributed by atoms with Gasteiger partial charge in [0.2, 0.25) is 5.91 Å². The van der Waals surface area contributed by atoms with Crippen LogP contribution in [-0.2, 0) is 4.79 Å². The maximum Gasteiger partial charge on any atom is 0.326 e. The van der Waals surface area contributed by atoms with Gasteiger partial charge in [0.25, 0.3) is 5.91 Å². The van der Waals surface area contributed by atoms with Gasteiger partial charge in [-0.05, 0) is 24.6 Å². The number of primary amides is 1. The zero-order valence-corrected chi connectivity index (χ0v) is 10.8. The number of benzene rings is 1. The molecule has 3 N–H and O–H groups in total. The fourth-order valence-electron chi connectivity index (χ4n) is 1.76. The summed E-state index contributed by atoms with van der Waals surface area (Å²) >= 11 is 0. The van der Waals surface area contributed by atoms with Gasteiger partial charge < -0.3 is 15.7 Å². The van der Waals surface area contributed by atoms with Crippen LogP contribution in [0.1, 0.15) is 34.1 Å².